The quantitative estimate of drug-likeness (QED) is 0.649. The lowest BCUT2D eigenvalue weighted by atomic mass is 10.1. The molecular weight excluding hydrogens is 206 g/mol. The molecule has 0 radical (unpaired) electrons. The van der Waals surface area contributed by atoms with Crippen LogP contribution in [0.4, 0.5) is 0 Å². The van der Waals surface area contributed by atoms with Gasteiger partial charge in [-0.2, -0.15) is 5.26 Å². The van der Waals surface area contributed by atoms with E-state index in [1.165, 1.54) is 0 Å². The second kappa shape index (κ2) is 9.13. The van der Waals surface area contributed by atoms with Crippen LogP contribution in [0.2, 0.25) is 0 Å². The van der Waals surface area contributed by atoms with Crippen LogP contribution in [0.5, 0.6) is 0 Å². The van der Waals surface area contributed by atoms with Crippen LogP contribution in [0.15, 0.2) is 0 Å². The number of carbonyl (C=O) groups is 1. The second-order valence-electron chi connectivity index (χ2n) is 3.57. The molecule has 0 aromatic heterocycles. The number of nitrogens with two attached hydrogens (primary N) is 1. The Bertz CT molecular complexity index is 234. The lowest BCUT2D eigenvalue weighted by Crippen LogP contribution is -2.41. The highest BCUT2D eigenvalue weighted by atomic mass is 16.5. The first-order chi connectivity index (χ1) is 7.71. The van der Waals surface area contributed by atoms with Gasteiger partial charge in [-0.25, -0.2) is 0 Å². The summed E-state index contributed by atoms with van der Waals surface area (Å²) in [5, 5.41) is 8.53. The van der Waals surface area contributed by atoms with Crippen LogP contribution >= 0.6 is 0 Å². The number of amides is 1. The van der Waals surface area contributed by atoms with Crippen molar-refractivity contribution in [1.82, 2.24) is 4.90 Å². The van der Waals surface area contributed by atoms with Crippen molar-refractivity contribution in [2.45, 2.75) is 19.8 Å². The number of carbonyl (C=O) groups excluding carboxylic acids is 1. The molecule has 0 fully saturated rings. The van der Waals surface area contributed by atoms with Crippen molar-refractivity contribution in [2.75, 3.05) is 33.4 Å². The van der Waals surface area contributed by atoms with Gasteiger partial charge in [0.05, 0.1) is 25.0 Å². The average Bonchev–Trinajstić information content (AvgIpc) is 2.30. The van der Waals surface area contributed by atoms with Gasteiger partial charge in [-0.3, -0.25) is 4.79 Å². The van der Waals surface area contributed by atoms with Gasteiger partial charge in [-0.15, -0.1) is 0 Å². The zero-order valence-corrected chi connectivity index (χ0v) is 10.1. The summed E-state index contributed by atoms with van der Waals surface area (Å²) in [4.78, 5) is 13.7. The number of hydrogen-bond donors (Lipinski definition) is 1. The Balaban J connectivity index is 4.35. The summed E-state index contributed by atoms with van der Waals surface area (Å²) in [6.07, 6.45) is 1.07. The Morgan fingerprint density at radius 2 is 2.25 bits per heavy atom. The summed E-state index contributed by atoms with van der Waals surface area (Å²) in [6, 6.07) is 2.04. The summed E-state index contributed by atoms with van der Waals surface area (Å²) in [5.41, 5.74) is 5.54. The first-order valence-electron chi connectivity index (χ1n) is 5.55. The van der Waals surface area contributed by atoms with Crippen LogP contribution in [0.25, 0.3) is 0 Å². The molecule has 0 spiro atoms. The number of rotatable bonds is 8. The average molecular weight is 227 g/mol. The fourth-order valence-electron chi connectivity index (χ4n) is 1.42. The first-order valence-corrected chi connectivity index (χ1v) is 5.55. The van der Waals surface area contributed by atoms with Gasteiger partial charge in [0.25, 0.3) is 0 Å². The van der Waals surface area contributed by atoms with E-state index in [1.807, 2.05) is 13.0 Å². The number of ether oxygens (including phenoxy) is 1. The normalized spacial score (nSPS) is 11.9. The predicted octanol–water partition coefficient (Wildman–Crippen LogP) is 0.360. The Labute approximate surface area is 97.2 Å². The lowest BCUT2D eigenvalue weighted by molar-refractivity contribution is -0.135. The number of hydrogen-bond acceptors (Lipinski definition) is 4. The highest BCUT2D eigenvalue weighted by molar-refractivity contribution is 5.79. The largest absolute Gasteiger partial charge is 0.383 e. The molecule has 0 heterocycles. The summed E-state index contributed by atoms with van der Waals surface area (Å²) < 4.78 is 4.94. The Hall–Kier alpha value is -1.12. The maximum Gasteiger partial charge on any atom is 0.227 e. The highest BCUT2D eigenvalue weighted by Crippen LogP contribution is 2.06. The summed E-state index contributed by atoms with van der Waals surface area (Å²) >= 11 is 0. The molecule has 92 valence electrons. The second-order valence-corrected chi connectivity index (χ2v) is 3.57. The predicted molar refractivity (Wildman–Crippen MR) is 61.5 cm³/mol. The molecule has 1 atom stereocenters. The minimum absolute atomic E-state index is 0.0253. The first kappa shape index (κ1) is 14.9. The van der Waals surface area contributed by atoms with Gasteiger partial charge >= 0.3 is 0 Å². The topological polar surface area (TPSA) is 79.4 Å². The van der Waals surface area contributed by atoms with E-state index >= 15 is 0 Å². The SMILES string of the molecule is CCC(CN)C(=O)N(CCC#N)CCOC. The fourth-order valence-corrected chi connectivity index (χ4v) is 1.42. The molecule has 5 nitrogen and oxygen atoms in total. The third kappa shape index (κ3) is 5.10. The molecule has 0 saturated carbocycles. The van der Waals surface area contributed by atoms with Crippen molar-refractivity contribution in [3.05, 3.63) is 0 Å². The summed E-state index contributed by atoms with van der Waals surface area (Å²) in [5.74, 6) is -0.118. The zero-order chi connectivity index (χ0) is 12.4. The lowest BCUT2D eigenvalue weighted by Gasteiger charge is -2.25. The van der Waals surface area contributed by atoms with Crippen LogP contribution in [0.3, 0.4) is 0 Å². The zero-order valence-electron chi connectivity index (χ0n) is 10.1. The van der Waals surface area contributed by atoms with Gasteiger partial charge < -0.3 is 15.4 Å². The fraction of sp³-hybridized carbons (Fsp3) is 0.818. The Morgan fingerprint density at radius 1 is 1.56 bits per heavy atom. The smallest absolute Gasteiger partial charge is 0.227 e. The summed E-state index contributed by atoms with van der Waals surface area (Å²) in [6.45, 7) is 3.75. The minimum Gasteiger partial charge on any atom is -0.383 e. The molecule has 1 amide bonds. The van der Waals surface area contributed by atoms with E-state index in [-0.39, 0.29) is 11.8 Å². The third-order valence-electron chi connectivity index (χ3n) is 2.50. The molecule has 0 rings (SSSR count). The molecule has 0 aromatic carbocycles. The molecule has 0 aromatic rings. The molecule has 1 unspecified atom stereocenters. The van der Waals surface area contributed by atoms with Crippen molar-refractivity contribution < 1.29 is 9.53 Å². The molecular formula is C11H21N3O2. The van der Waals surface area contributed by atoms with Crippen LogP contribution in [-0.2, 0) is 9.53 Å². The van der Waals surface area contributed by atoms with Gasteiger partial charge in [-0.05, 0) is 6.42 Å². The molecule has 5 heteroatoms. The van der Waals surface area contributed by atoms with Gasteiger partial charge in [0.1, 0.15) is 0 Å². The summed E-state index contributed by atoms with van der Waals surface area (Å²) in [7, 11) is 1.59. The van der Waals surface area contributed by atoms with Crippen molar-refractivity contribution in [3.8, 4) is 6.07 Å². The molecule has 0 saturated heterocycles. The Morgan fingerprint density at radius 3 is 2.69 bits per heavy atom. The van der Waals surface area contributed by atoms with Gasteiger partial charge in [0.15, 0.2) is 0 Å². The maximum absolute atomic E-state index is 12.0. The van der Waals surface area contributed by atoms with Crippen molar-refractivity contribution >= 4 is 5.91 Å². The van der Waals surface area contributed by atoms with E-state index in [1.54, 1.807) is 12.0 Å². The van der Waals surface area contributed by atoms with Gasteiger partial charge in [0, 0.05) is 26.7 Å². The van der Waals surface area contributed by atoms with Crippen LogP contribution in [0.1, 0.15) is 19.8 Å². The van der Waals surface area contributed by atoms with E-state index in [0.717, 1.165) is 6.42 Å². The standard InChI is InChI=1S/C11H21N3O2/c1-3-10(9-13)11(15)14(6-4-5-12)7-8-16-2/h10H,3-4,6-9,13H2,1-2H3. The molecule has 0 aliphatic carbocycles. The van der Waals surface area contributed by atoms with E-state index < -0.39 is 0 Å². The number of nitrogens with zero attached hydrogens (tertiary/aromatic N) is 2. The molecule has 0 aliphatic heterocycles. The van der Waals surface area contributed by atoms with E-state index in [2.05, 4.69) is 0 Å². The molecule has 0 bridgehead atoms. The van der Waals surface area contributed by atoms with E-state index in [0.29, 0.717) is 32.7 Å². The van der Waals surface area contributed by atoms with Gasteiger partial charge in [-0.1, -0.05) is 6.92 Å². The highest BCUT2D eigenvalue weighted by Gasteiger charge is 2.20. The van der Waals surface area contributed by atoms with Crippen molar-refractivity contribution in [2.24, 2.45) is 11.7 Å². The Kier molecular flexibility index (Phi) is 8.49. The third-order valence-corrected chi connectivity index (χ3v) is 2.50. The van der Waals surface area contributed by atoms with E-state index in [4.69, 9.17) is 15.7 Å². The van der Waals surface area contributed by atoms with Crippen LogP contribution in [-0.4, -0.2) is 44.2 Å². The number of nitriles is 1. The van der Waals surface area contributed by atoms with Gasteiger partial charge in [0.2, 0.25) is 5.91 Å². The van der Waals surface area contributed by atoms with Crippen LogP contribution in [0, 0.1) is 17.2 Å². The van der Waals surface area contributed by atoms with E-state index in [9.17, 15) is 4.79 Å². The number of methoxy groups -OCH3 is 1. The molecule has 2 N–H and O–H groups in total. The monoisotopic (exact) mass is 227 g/mol. The van der Waals surface area contributed by atoms with Crippen molar-refractivity contribution in [1.29, 1.82) is 5.26 Å². The molecule has 16 heavy (non-hydrogen) atoms. The maximum atomic E-state index is 12.0. The van der Waals surface area contributed by atoms with Crippen LogP contribution < -0.4 is 5.73 Å². The molecule has 0 aliphatic rings. The minimum atomic E-state index is -0.143. The van der Waals surface area contributed by atoms with Crippen molar-refractivity contribution in [3.63, 3.8) is 0 Å².